The molecule has 0 aliphatic heterocycles. The molecule has 108 valence electrons. The van der Waals surface area contributed by atoms with Crippen molar-refractivity contribution in [2.75, 3.05) is 7.11 Å². The number of benzene rings is 1. The molecule has 0 saturated heterocycles. The van der Waals surface area contributed by atoms with Gasteiger partial charge in [-0.15, -0.1) is 11.3 Å². The Bertz CT molecular complexity index is 669. The molecule has 2 rings (SSSR count). The molecule has 0 saturated carbocycles. The summed E-state index contributed by atoms with van der Waals surface area (Å²) in [5.74, 6) is 0.450. The molecule has 20 heavy (non-hydrogen) atoms. The van der Waals surface area contributed by atoms with E-state index >= 15 is 0 Å². The molecule has 0 amide bonds. The molecule has 1 heterocycles. The number of hydrogen-bond donors (Lipinski definition) is 2. The average molecular weight is 314 g/mol. The third-order valence-electron chi connectivity index (χ3n) is 2.66. The molecule has 0 bridgehead atoms. The summed E-state index contributed by atoms with van der Waals surface area (Å²) in [6.45, 7) is -0.162. The fraction of sp³-hybridized carbons (Fsp3) is 0.250. The van der Waals surface area contributed by atoms with E-state index in [4.69, 9.17) is 4.74 Å². The summed E-state index contributed by atoms with van der Waals surface area (Å²) in [7, 11) is -2.18. The van der Waals surface area contributed by atoms with Crippen molar-refractivity contribution >= 4 is 21.4 Å². The van der Waals surface area contributed by atoms with E-state index in [1.165, 1.54) is 36.6 Å². The van der Waals surface area contributed by atoms with Crippen molar-refractivity contribution in [3.05, 3.63) is 40.3 Å². The molecule has 1 aromatic carbocycles. The molecule has 0 fully saturated rings. The second-order valence-corrected chi connectivity index (χ2v) is 6.42. The maximum atomic E-state index is 12.1. The van der Waals surface area contributed by atoms with Crippen LogP contribution in [0.3, 0.4) is 0 Å². The van der Waals surface area contributed by atoms with Crippen LogP contribution in [0.4, 0.5) is 0 Å². The Kier molecular flexibility index (Phi) is 4.71. The van der Waals surface area contributed by atoms with Gasteiger partial charge in [-0.25, -0.2) is 18.1 Å². The Labute approximate surface area is 121 Å². The van der Waals surface area contributed by atoms with Gasteiger partial charge in [-0.1, -0.05) is 0 Å². The van der Waals surface area contributed by atoms with E-state index in [1.54, 1.807) is 10.9 Å². The van der Waals surface area contributed by atoms with Crippen LogP contribution in [-0.2, 0) is 23.2 Å². The molecule has 8 heteroatoms. The number of sulfonamides is 1. The van der Waals surface area contributed by atoms with Crippen molar-refractivity contribution < 1.29 is 18.3 Å². The lowest BCUT2D eigenvalue weighted by atomic mass is 10.2. The number of methoxy groups -OCH3 is 1. The third-order valence-corrected chi connectivity index (χ3v) is 4.69. The summed E-state index contributed by atoms with van der Waals surface area (Å²) in [6.07, 6.45) is 0. The van der Waals surface area contributed by atoms with E-state index in [-0.39, 0.29) is 18.0 Å². The van der Waals surface area contributed by atoms with Crippen LogP contribution in [0.2, 0.25) is 0 Å². The SMILES string of the molecule is COc1ccc(S(=O)(=O)NCc2cscn2)cc1CO. The Morgan fingerprint density at radius 1 is 1.45 bits per heavy atom. The summed E-state index contributed by atoms with van der Waals surface area (Å²) >= 11 is 1.40. The predicted octanol–water partition coefficient (Wildman–Crippen LogP) is 1.12. The van der Waals surface area contributed by atoms with Crippen LogP contribution in [0.5, 0.6) is 5.75 Å². The number of thiazole rings is 1. The van der Waals surface area contributed by atoms with Crippen LogP contribution >= 0.6 is 11.3 Å². The molecule has 0 aliphatic rings. The van der Waals surface area contributed by atoms with Gasteiger partial charge in [-0.2, -0.15) is 0 Å². The summed E-state index contributed by atoms with van der Waals surface area (Å²) in [5.41, 5.74) is 2.72. The smallest absolute Gasteiger partial charge is 0.240 e. The van der Waals surface area contributed by atoms with Gasteiger partial charge in [0.2, 0.25) is 10.0 Å². The minimum Gasteiger partial charge on any atom is -0.496 e. The molecule has 0 aliphatic carbocycles. The van der Waals surface area contributed by atoms with Crippen molar-refractivity contribution in [2.45, 2.75) is 18.0 Å². The van der Waals surface area contributed by atoms with Gasteiger partial charge in [0, 0.05) is 10.9 Å². The van der Waals surface area contributed by atoms with Gasteiger partial charge in [0.25, 0.3) is 0 Å². The maximum absolute atomic E-state index is 12.1. The molecule has 1 aromatic heterocycles. The first-order chi connectivity index (χ1) is 9.56. The first-order valence-electron chi connectivity index (χ1n) is 5.71. The molecule has 2 N–H and O–H groups in total. The lowest BCUT2D eigenvalue weighted by molar-refractivity contribution is 0.273. The minimum absolute atomic E-state index is 0.0811. The highest BCUT2D eigenvalue weighted by molar-refractivity contribution is 7.89. The van der Waals surface area contributed by atoms with Crippen molar-refractivity contribution in [3.63, 3.8) is 0 Å². The number of nitrogens with one attached hydrogen (secondary N) is 1. The first kappa shape index (κ1) is 14.9. The molecule has 0 radical (unpaired) electrons. The highest BCUT2D eigenvalue weighted by Gasteiger charge is 2.16. The lowest BCUT2D eigenvalue weighted by Gasteiger charge is -2.10. The van der Waals surface area contributed by atoms with Crippen molar-refractivity contribution in [1.29, 1.82) is 0 Å². The van der Waals surface area contributed by atoms with Crippen LogP contribution in [0.1, 0.15) is 11.3 Å². The zero-order valence-electron chi connectivity index (χ0n) is 10.7. The monoisotopic (exact) mass is 314 g/mol. The molecular weight excluding hydrogens is 300 g/mol. The highest BCUT2D eigenvalue weighted by atomic mass is 32.2. The van der Waals surface area contributed by atoms with E-state index in [1.807, 2.05) is 0 Å². The number of aromatic nitrogens is 1. The second kappa shape index (κ2) is 6.31. The minimum atomic E-state index is -3.65. The van der Waals surface area contributed by atoms with Gasteiger partial charge < -0.3 is 9.84 Å². The van der Waals surface area contributed by atoms with Gasteiger partial charge in [0.1, 0.15) is 5.75 Å². The summed E-state index contributed by atoms with van der Waals surface area (Å²) in [4.78, 5) is 4.09. The highest BCUT2D eigenvalue weighted by Crippen LogP contribution is 2.22. The molecule has 0 atom stereocenters. The Balaban J connectivity index is 2.20. The molecule has 0 unspecified atom stereocenters. The number of aliphatic hydroxyl groups excluding tert-OH is 1. The van der Waals surface area contributed by atoms with Crippen molar-refractivity contribution in [2.24, 2.45) is 0 Å². The van der Waals surface area contributed by atoms with Crippen LogP contribution in [0.15, 0.2) is 34.0 Å². The zero-order valence-corrected chi connectivity index (χ0v) is 12.4. The number of nitrogens with zero attached hydrogens (tertiary/aromatic N) is 1. The van der Waals surface area contributed by atoms with Gasteiger partial charge in [0.05, 0.1) is 36.4 Å². The quantitative estimate of drug-likeness (QED) is 0.834. The van der Waals surface area contributed by atoms with E-state index in [2.05, 4.69) is 9.71 Å². The summed E-state index contributed by atoms with van der Waals surface area (Å²) in [5, 5.41) is 11.0. The largest absolute Gasteiger partial charge is 0.496 e. The number of ether oxygens (including phenoxy) is 1. The fourth-order valence-corrected chi connectivity index (χ4v) is 3.23. The van der Waals surface area contributed by atoms with Crippen LogP contribution in [-0.4, -0.2) is 25.6 Å². The van der Waals surface area contributed by atoms with Gasteiger partial charge in [0.15, 0.2) is 0 Å². The summed E-state index contributed by atoms with van der Waals surface area (Å²) in [6, 6.07) is 4.34. The third kappa shape index (κ3) is 3.34. The van der Waals surface area contributed by atoms with Crippen molar-refractivity contribution in [1.82, 2.24) is 9.71 Å². The number of rotatable bonds is 6. The lowest BCUT2D eigenvalue weighted by Crippen LogP contribution is -2.23. The summed E-state index contributed by atoms with van der Waals surface area (Å²) < 4.78 is 31.8. The maximum Gasteiger partial charge on any atom is 0.240 e. The molecular formula is C12H14N2O4S2. The first-order valence-corrected chi connectivity index (χ1v) is 8.14. The Morgan fingerprint density at radius 3 is 2.85 bits per heavy atom. The van der Waals surface area contributed by atoms with Crippen LogP contribution in [0, 0.1) is 0 Å². The predicted molar refractivity (Wildman–Crippen MR) is 75.1 cm³/mol. The molecule has 0 spiro atoms. The zero-order chi connectivity index (χ0) is 14.6. The van der Waals surface area contributed by atoms with Crippen molar-refractivity contribution in [3.8, 4) is 5.75 Å². The van der Waals surface area contributed by atoms with Gasteiger partial charge in [-0.3, -0.25) is 0 Å². The standard InChI is InChI=1S/C12H14N2O4S2/c1-18-12-3-2-11(4-9(12)6-15)20(16,17)14-5-10-7-19-8-13-10/h2-4,7-8,14-15H,5-6H2,1H3. The average Bonchev–Trinajstić information content (AvgIpc) is 2.97. The van der Waals surface area contributed by atoms with E-state index in [9.17, 15) is 13.5 Å². The van der Waals surface area contributed by atoms with Crippen LogP contribution in [0.25, 0.3) is 0 Å². The van der Waals surface area contributed by atoms with Gasteiger partial charge >= 0.3 is 0 Å². The number of aliphatic hydroxyl groups is 1. The number of hydrogen-bond acceptors (Lipinski definition) is 6. The van der Waals surface area contributed by atoms with E-state index < -0.39 is 10.0 Å². The Hall–Kier alpha value is -1.48. The van der Waals surface area contributed by atoms with E-state index in [0.29, 0.717) is 17.0 Å². The normalized spacial score (nSPS) is 11.5. The van der Waals surface area contributed by atoms with Gasteiger partial charge in [-0.05, 0) is 18.2 Å². The molecule has 6 nitrogen and oxygen atoms in total. The topological polar surface area (TPSA) is 88.5 Å². The molecule has 2 aromatic rings. The van der Waals surface area contributed by atoms with E-state index in [0.717, 1.165) is 0 Å². The Morgan fingerprint density at radius 2 is 2.25 bits per heavy atom. The fourth-order valence-electron chi connectivity index (χ4n) is 1.62. The van der Waals surface area contributed by atoms with Crippen LogP contribution < -0.4 is 9.46 Å². The second-order valence-electron chi connectivity index (χ2n) is 3.94.